The molecule has 4 atom stereocenters. The standard InChI is InChI=1S/C17H29N3OS/c1-20(2)17(13-6-9-22-12-13)10-19-15-5-3-4-14(15)16-11-21-8-7-18-16/h6,9,12,14-19H,3-5,7-8,10-11H2,1-2H3. The molecule has 1 aliphatic carbocycles. The number of likely N-dealkylation sites (N-methyl/N-ethyl adjacent to an activating group) is 1. The molecule has 2 N–H and O–H groups in total. The Bertz CT molecular complexity index is 431. The zero-order valence-corrected chi connectivity index (χ0v) is 14.6. The Labute approximate surface area is 138 Å². The van der Waals surface area contributed by atoms with Crippen molar-refractivity contribution in [2.45, 2.75) is 37.4 Å². The van der Waals surface area contributed by atoms with Crippen molar-refractivity contribution >= 4 is 11.3 Å². The minimum atomic E-state index is 0.461. The highest BCUT2D eigenvalue weighted by atomic mass is 32.1. The van der Waals surface area contributed by atoms with Crippen molar-refractivity contribution in [3.63, 3.8) is 0 Å². The molecule has 1 saturated carbocycles. The molecule has 0 radical (unpaired) electrons. The summed E-state index contributed by atoms with van der Waals surface area (Å²) in [6.07, 6.45) is 3.96. The Hall–Kier alpha value is -0.460. The average molecular weight is 324 g/mol. The highest BCUT2D eigenvalue weighted by Crippen LogP contribution is 2.30. The van der Waals surface area contributed by atoms with E-state index in [0.717, 1.165) is 26.3 Å². The maximum absolute atomic E-state index is 5.67. The smallest absolute Gasteiger partial charge is 0.0623 e. The van der Waals surface area contributed by atoms with Gasteiger partial charge < -0.3 is 20.3 Å². The zero-order valence-electron chi connectivity index (χ0n) is 13.8. The lowest BCUT2D eigenvalue weighted by Gasteiger charge is -2.34. The van der Waals surface area contributed by atoms with Gasteiger partial charge in [-0.1, -0.05) is 6.42 Å². The van der Waals surface area contributed by atoms with E-state index in [0.29, 0.717) is 24.0 Å². The van der Waals surface area contributed by atoms with Crippen molar-refractivity contribution in [2.24, 2.45) is 5.92 Å². The molecule has 124 valence electrons. The lowest BCUT2D eigenvalue weighted by molar-refractivity contribution is 0.0520. The van der Waals surface area contributed by atoms with Gasteiger partial charge in [0.2, 0.25) is 0 Å². The lowest BCUT2D eigenvalue weighted by Crippen LogP contribution is -2.51. The van der Waals surface area contributed by atoms with Crippen LogP contribution in [0.5, 0.6) is 0 Å². The minimum Gasteiger partial charge on any atom is -0.379 e. The molecule has 1 aromatic rings. The first-order chi connectivity index (χ1) is 10.8. The van der Waals surface area contributed by atoms with Crippen LogP contribution >= 0.6 is 11.3 Å². The second-order valence-corrected chi connectivity index (χ2v) is 7.56. The number of nitrogens with one attached hydrogen (secondary N) is 2. The van der Waals surface area contributed by atoms with Gasteiger partial charge in [-0.15, -0.1) is 0 Å². The predicted octanol–water partition coefficient (Wildman–Crippen LogP) is 2.10. The molecule has 0 aromatic carbocycles. The summed E-state index contributed by atoms with van der Waals surface area (Å²) >= 11 is 1.79. The molecule has 22 heavy (non-hydrogen) atoms. The number of rotatable bonds is 6. The van der Waals surface area contributed by atoms with Gasteiger partial charge in [0.15, 0.2) is 0 Å². The van der Waals surface area contributed by atoms with Crippen molar-refractivity contribution in [2.75, 3.05) is 40.4 Å². The number of hydrogen-bond donors (Lipinski definition) is 2. The number of thiophene rings is 1. The Balaban J connectivity index is 1.57. The third-order valence-electron chi connectivity index (χ3n) is 5.16. The molecule has 5 heteroatoms. The molecule has 3 rings (SSSR count). The van der Waals surface area contributed by atoms with Crippen LogP contribution in [-0.2, 0) is 4.74 Å². The summed E-state index contributed by atoms with van der Waals surface area (Å²) in [5.74, 6) is 0.714. The van der Waals surface area contributed by atoms with Crippen LogP contribution in [0, 0.1) is 5.92 Å². The maximum atomic E-state index is 5.67. The largest absolute Gasteiger partial charge is 0.379 e. The molecular weight excluding hydrogens is 294 g/mol. The Morgan fingerprint density at radius 1 is 1.45 bits per heavy atom. The Morgan fingerprint density at radius 2 is 2.36 bits per heavy atom. The van der Waals surface area contributed by atoms with Gasteiger partial charge in [0.1, 0.15) is 0 Å². The Morgan fingerprint density at radius 3 is 3.05 bits per heavy atom. The first-order valence-electron chi connectivity index (χ1n) is 8.48. The Kier molecular flexibility index (Phi) is 5.88. The van der Waals surface area contributed by atoms with Crippen molar-refractivity contribution in [3.8, 4) is 0 Å². The van der Waals surface area contributed by atoms with Gasteiger partial charge in [0.25, 0.3) is 0 Å². The summed E-state index contributed by atoms with van der Waals surface area (Å²) in [5, 5.41) is 12.0. The third-order valence-corrected chi connectivity index (χ3v) is 5.86. The van der Waals surface area contributed by atoms with Crippen LogP contribution in [0.15, 0.2) is 16.8 Å². The van der Waals surface area contributed by atoms with Crippen molar-refractivity contribution in [1.82, 2.24) is 15.5 Å². The summed E-state index contributed by atoms with van der Waals surface area (Å²) in [6.45, 7) is 3.77. The number of ether oxygens (including phenoxy) is 1. The highest BCUT2D eigenvalue weighted by molar-refractivity contribution is 7.07. The van der Waals surface area contributed by atoms with Gasteiger partial charge in [-0.05, 0) is 55.2 Å². The van der Waals surface area contributed by atoms with Crippen LogP contribution < -0.4 is 10.6 Å². The van der Waals surface area contributed by atoms with Crippen LogP contribution in [-0.4, -0.2) is 57.4 Å². The van der Waals surface area contributed by atoms with Gasteiger partial charge in [0.05, 0.1) is 13.2 Å². The lowest BCUT2D eigenvalue weighted by atomic mass is 9.93. The summed E-state index contributed by atoms with van der Waals surface area (Å²) in [4.78, 5) is 2.32. The van der Waals surface area contributed by atoms with Crippen LogP contribution in [0.3, 0.4) is 0 Å². The van der Waals surface area contributed by atoms with Gasteiger partial charge in [0, 0.05) is 31.2 Å². The van der Waals surface area contributed by atoms with Crippen LogP contribution in [0.25, 0.3) is 0 Å². The molecule has 0 amide bonds. The van der Waals surface area contributed by atoms with E-state index in [4.69, 9.17) is 4.74 Å². The molecular formula is C17H29N3OS. The van der Waals surface area contributed by atoms with Gasteiger partial charge in [-0.3, -0.25) is 0 Å². The number of hydrogen-bond acceptors (Lipinski definition) is 5. The second-order valence-electron chi connectivity index (χ2n) is 6.78. The quantitative estimate of drug-likeness (QED) is 0.841. The van der Waals surface area contributed by atoms with E-state index in [1.165, 1.54) is 24.8 Å². The first-order valence-corrected chi connectivity index (χ1v) is 9.43. The van der Waals surface area contributed by atoms with Gasteiger partial charge >= 0.3 is 0 Å². The molecule has 0 bridgehead atoms. The molecule has 4 nitrogen and oxygen atoms in total. The van der Waals surface area contributed by atoms with Crippen molar-refractivity contribution in [1.29, 1.82) is 0 Å². The fourth-order valence-electron chi connectivity index (χ4n) is 3.91. The normalized spacial score (nSPS) is 30.8. The van der Waals surface area contributed by atoms with E-state index >= 15 is 0 Å². The molecule has 2 aliphatic rings. The molecule has 2 fully saturated rings. The molecule has 1 aromatic heterocycles. The number of nitrogens with zero attached hydrogens (tertiary/aromatic N) is 1. The van der Waals surface area contributed by atoms with Crippen molar-refractivity contribution < 1.29 is 4.74 Å². The average Bonchev–Trinajstić information content (AvgIpc) is 3.19. The SMILES string of the molecule is CN(C)C(CNC1CCCC1C1COCCN1)c1ccsc1. The second kappa shape index (κ2) is 7.88. The van der Waals surface area contributed by atoms with Crippen LogP contribution in [0.1, 0.15) is 30.9 Å². The summed E-state index contributed by atoms with van der Waals surface area (Å²) in [5.41, 5.74) is 1.43. The molecule has 4 unspecified atom stereocenters. The zero-order chi connectivity index (χ0) is 15.4. The summed E-state index contributed by atoms with van der Waals surface area (Å²) in [7, 11) is 4.35. The van der Waals surface area contributed by atoms with E-state index in [9.17, 15) is 0 Å². The summed E-state index contributed by atoms with van der Waals surface area (Å²) < 4.78 is 5.67. The van der Waals surface area contributed by atoms with E-state index in [1.807, 2.05) is 0 Å². The molecule has 1 aliphatic heterocycles. The van der Waals surface area contributed by atoms with Crippen LogP contribution in [0.4, 0.5) is 0 Å². The van der Waals surface area contributed by atoms with Crippen molar-refractivity contribution in [3.05, 3.63) is 22.4 Å². The van der Waals surface area contributed by atoms with E-state index in [-0.39, 0.29) is 0 Å². The monoisotopic (exact) mass is 323 g/mol. The van der Waals surface area contributed by atoms with Gasteiger partial charge in [-0.2, -0.15) is 11.3 Å². The third kappa shape index (κ3) is 3.89. The minimum absolute atomic E-state index is 0.461. The van der Waals surface area contributed by atoms with Gasteiger partial charge in [-0.25, -0.2) is 0 Å². The fraction of sp³-hybridized carbons (Fsp3) is 0.765. The van der Waals surface area contributed by atoms with E-state index in [1.54, 1.807) is 11.3 Å². The molecule has 1 saturated heterocycles. The molecule has 2 heterocycles. The predicted molar refractivity (Wildman–Crippen MR) is 92.5 cm³/mol. The number of morpholine rings is 1. The fourth-order valence-corrected chi connectivity index (χ4v) is 4.62. The maximum Gasteiger partial charge on any atom is 0.0623 e. The van der Waals surface area contributed by atoms with E-state index < -0.39 is 0 Å². The summed E-state index contributed by atoms with van der Waals surface area (Å²) in [6, 6.07) is 3.87. The topological polar surface area (TPSA) is 36.5 Å². The van der Waals surface area contributed by atoms with E-state index in [2.05, 4.69) is 46.5 Å². The van der Waals surface area contributed by atoms with Crippen LogP contribution in [0.2, 0.25) is 0 Å². The highest BCUT2D eigenvalue weighted by Gasteiger charge is 2.34. The molecule has 0 spiro atoms. The first kappa shape index (κ1) is 16.4.